The van der Waals surface area contributed by atoms with Gasteiger partial charge in [0.2, 0.25) is 5.91 Å². The number of morpholine rings is 1. The van der Waals surface area contributed by atoms with Crippen LogP contribution in [0.15, 0.2) is 18.2 Å². The second-order valence-corrected chi connectivity index (χ2v) is 6.56. The molecule has 0 aliphatic carbocycles. The second-order valence-electron chi connectivity index (χ2n) is 6.56. The van der Waals surface area contributed by atoms with Crippen LogP contribution in [0.25, 0.3) is 0 Å². The molecule has 3 rings (SSSR count). The average molecular weight is 322 g/mol. The number of rotatable bonds is 2. The predicted molar refractivity (Wildman–Crippen MR) is 83.6 cm³/mol. The fourth-order valence-corrected chi connectivity index (χ4v) is 3.29. The Labute approximate surface area is 136 Å². The molecule has 126 valence electrons. The number of likely N-dealkylation sites (N-methyl/N-ethyl adjacent to an activating group) is 1. The van der Waals surface area contributed by atoms with Crippen molar-refractivity contribution in [2.45, 2.75) is 19.1 Å². The zero-order chi connectivity index (χ0) is 16.4. The van der Waals surface area contributed by atoms with Crippen molar-refractivity contribution < 1.29 is 18.7 Å². The summed E-state index contributed by atoms with van der Waals surface area (Å²) < 4.78 is 25.0. The minimum Gasteiger partial charge on any atom is -0.369 e. The van der Waals surface area contributed by atoms with Crippen molar-refractivity contribution in [2.24, 2.45) is 0 Å². The molecule has 2 fully saturated rings. The van der Waals surface area contributed by atoms with E-state index in [1.807, 2.05) is 13.0 Å². The summed E-state index contributed by atoms with van der Waals surface area (Å²) in [7, 11) is 1.78. The highest BCUT2D eigenvalue weighted by Crippen LogP contribution is 2.24. The summed E-state index contributed by atoms with van der Waals surface area (Å²) in [4.78, 5) is 15.7. The lowest BCUT2D eigenvalue weighted by Crippen LogP contribution is -2.58. The van der Waals surface area contributed by atoms with Crippen molar-refractivity contribution in [1.82, 2.24) is 9.80 Å². The van der Waals surface area contributed by atoms with Gasteiger partial charge in [-0.25, -0.2) is 4.39 Å². The van der Waals surface area contributed by atoms with Gasteiger partial charge in [-0.2, -0.15) is 0 Å². The van der Waals surface area contributed by atoms with Crippen molar-refractivity contribution in [3.63, 3.8) is 0 Å². The summed E-state index contributed by atoms with van der Waals surface area (Å²) in [5.74, 6) is -0.236. The molecule has 2 saturated heterocycles. The van der Waals surface area contributed by atoms with Crippen molar-refractivity contribution >= 4 is 5.91 Å². The molecule has 0 saturated carbocycles. The third-order valence-electron chi connectivity index (χ3n) is 4.57. The molecule has 1 amide bonds. The van der Waals surface area contributed by atoms with E-state index in [1.54, 1.807) is 18.0 Å². The molecule has 6 heteroatoms. The van der Waals surface area contributed by atoms with Crippen LogP contribution in [-0.2, 0) is 20.8 Å². The molecule has 2 aliphatic rings. The van der Waals surface area contributed by atoms with Crippen LogP contribution in [-0.4, -0.2) is 67.8 Å². The van der Waals surface area contributed by atoms with Crippen LogP contribution in [0, 0.1) is 12.7 Å². The molecule has 0 N–H and O–H groups in total. The van der Waals surface area contributed by atoms with Gasteiger partial charge in [-0.05, 0) is 30.2 Å². The molecule has 2 heterocycles. The maximum atomic E-state index is 13.5. The van der Waals surface area contributed by atoms with Gasteiger partial charge >= 0.3 is 0 Å². The lowest BCUT2D eigenvalue weighted by molar-refractivity contribution is -0.143. The second kappa shape index (κ2) is 6.55. The van der Waals surface area contributed by atoms with E-state index in [-0.39, 0.29) is 18.3 Å². The van der Waals surface area contributed by atoms with E-state index < -0.39 is 5.60 Å². The van der Waals surface area contributed by atoms with Crippen LogP contribution >= 0.6 is 0 Å². The zero-order valence-corrected chi connectivity index (χ0v) is 13.7. The van der Waals surface area contributed by atoms with E-state index in [9.17, 15) is 9.18 Å². The van der Waals surface area contributed by atoms with Gasteiger partial charge < -0.3 is 14.4 Å². The molecule has 23 heavy (non-hydrogen) atoms. The van der Waals surface area contributed by atoms with Gasteiger partial charge in [0.15, 0.2) is 0 Å². The number of hydrogen-bond acceptors (Lipinski definition) is 4. The number of aryl methyl sites for hydroxylation is 1. The van der Waals surface area contributed by atoms with Gasteiger partial charge in [0, 0.05) is 26.7 Å². The van der Waals surface area contributed by atoms with E-state index >= 15 is 0 Å². The Bertz CT molecular complexity index is 595. The van der Waals surface area contributed by atoms with E-state index in [0.29, 0.717) is 32.8 Å². The maximum absolute atomic E-state index is 13.5. The maximum Gasteiger partial charge on any atom is 0.248 e. The third kappa shape index (κ3) is 3.71. The molecule has 1 unspecified atom stereocenters. The highest BCUT2D eigenvalue weighted by atomic mass is 19.1. The quantitative estimate of drug-likeness (QED) is 0.820. The summed E-state index contributed by atoms with van der Waals surface area (Å²) in [6, 6.07) is 4.89. The van der Waals surface area contributed by atoms with Crippen molar-refractivity contribution in [3.8, 4) is 0 Å². The number of carbonyl (C=O) groups is 1. The first-order valence-corrected chi connectivity index (χ1v) is 7.90. The number of amides is 1. The monoisotopic (exact) mass is 322 g/mol. The van der Waals surface area contributed by atoms with E-state index in [4.69, 9.17) is 9.47 Å². The van der Waals surface area contributed by atoms with Gasteiger partial charge in [-0.3, -0.25) is 9.69 Å². The topological polar surface area (TPSA) is 42.0 Å². The van der Waals surface area contributed by atoms with Gasteiger partial charge in [0.05, 0.1) is 19.8 Å². The van der Waals surface area contributed by atoms with Gasteiger partial charge in [0.25, 0.3) is 0 Å². The predicted octanol–water partition coefficient (Wildman–Crippen LogP) is 1.19. The molecule has 1 aromatic rings. The zero-order valence-electron chi connectivity index (χ0n) is 13.7. The molecule has 0 radical (unpaired) electrons. The molecule has 5 nitrogen and oxygen atoms in total. The number of halogens is 1. The third-order valence-corrected chi connectivity index (χ3v) is 4.57. The number of carbonyl (C=O) groups excluding carboxylic acids is 1. The smallest absolute Gasteiger partial charge is 0.248 e. The molecular weight excluding hydrogens is 299 g/mol. The molecular formula is C17H23FN2O3. The SMILES string of the molecule is Cc1ccc(F)cc1CN1CCOC2(COCC(=O)N(C)C2)C1. The van der Waals surface area contributed by atoms with Crippen LogP contribution in [0.4, 0.5) is 4.39 Å². The van der Waals surface area contributed by atoms with Gasteiger partial charge in [-0.15, -0.1) is 0 Å². The first-order chi connectivity index (χ1) is 11.0. The molecule has 2 aliphatic heterocycles. The Hall–Kier alpha value is -1.50. The van der Waals surface area contributed by atoms with E-state index in [1.165, 1.54) is 6.07 Å². The highest BCUT2D eigenvalue weighted by Gasteiger charge is 2.41. The van der Waals surface area contributed by atoms with Crippen LogP contribution in [0.2, 0.25) is 0 Å². The van der Waals surface area contributed by atoms with Crippen LogP contribution in [0.3, 0.4) is 0 Å². The van der Waals surface area contributed by atoms with Gasteiger partial charge in [0.1, 0.15) is 18.0 Å². The fourth-order valence-electron chi connectivity index (χ4n) is 3.29. The molecule has 1 spiro atoms. The summed E-state index contributed by atoms with van der Waals surface area (Å²) in [6.07, 6.45) is 0. The Morgan fingerprint density at radius 1 is 1.35 bits per heavy atom. The molecule has 0 aromatic heterocycles. The lowest BCUT2D eigenvalue weighted by atomic mass is 10.0. The van der Waals surface area contributed by atoms with Crippen molar-refractivity contribution in [2.75, 3.05) is 46.5 Å². The highest BCUT2D eigenvalue weighted by molar-refractivity contribution is 5.77. The molecule has 1 aromatic carbocycles. The van der Waals surface area contributed by atoms with Crippen molar-refractivity contribution in [3.05, 3.63) is 35.1 Å². The fraction of sp³-hybridized carbons (Fsp3) is 0.588. The summed E-state index contributed by atoms with van der Waals surface area (Å²) in [5, 5.41) is 0. The summed E-state index contributed by atoms with van der Waals surface area (Å²) in [6.45, 7) is 5.73. The van der Waals surface area contributed by atoms with E-state index in [2.05, 4.69) is 4.90 Å². The van der Waals surface area contributed by atoms with Gasteiger partial charge in [-0.1, -0.05) is 6.07 Å². The minimum absolute atomic E-state index is 0.0245. The number of ether oxygens (including phenoxy) is 2. The van der Waals surface area contributed by atoms with Crippen molar-refractivity contribution in [1.29, 1.82) is 0 Å². The Balaban J connectivity index is 1.72. The average Bonchev–Trinajstić information content (AvgIpc) is 2.63. The largest absolute Gasteiger partial charge is 0.369 e. The number of benzene rings is 1. The Morgan fingerprint density at radius 2 is 2.17 bits per heavy atom. The molecule has 0 bridgehead atoms. The Kier molecular flexibility index (Phi) is 4.66. The lowest BCUT2D eigenvalue weighted by Gasteiger charge is -2.43. The summed E-state index contributed by atoms with van der Waals surface area (Å²) in [5.41, 5.74) is 1.57. The van der Waals surface area contributed by atoms with E-state index in [0.717, 1.165) is 17.7 Å². The van der Waals surface area contributed by atoms with Crippen LogP contribution < -0.4 is 0 Å². The first-order valence-electron chi connectivity index (χ1n) is 7.90. The first kappa shape index (κ1) is 16.4. The van der Waals surface area contributed by atoms with Crippen LogP contribution in [0.5, 0.6) is 0 Å². The van der Waals surface area contributed by atoms with Crippen LogP contribution in [0.1, 0.15) is 11.1 Å². The minimum atomic E-state index is -0.500. The molecule has 1 atom stereocenters. The summed E-state index contributed by atoms with van der Waals surface area (Å²) >= 11 is 0. The number of nitrogens with zero attached hydrogens (tertiary/aromatic N) is 2. The Morgan fingerprint density at radius 3 is 3.00 bits per heavy atom. The standard InChI is InChI=1S/C17H23FN2O3/c1-13-3-4-15(18)7-14(13)8-20-5-6-23-17(11-20)10-19(2)16(21)9-22-12-17/h3-4,7H,5-6,8-12H2,1-2H3. The normalized spacial score (nSPS) is 26.6. The number of hydrogen-bond donors (Lipinski definition) is 0.